The number of halogens is 5. The number of thiocarbonyl (C=S) groups is 1. The number of piperidine rings is 1. The highest BCUT2D eigenvalue weighted by atomic mass is 35.5. The third-order valence-electron chi connectivity index (χ3n) is 5.23. The lowest BCUT2D eigenvalue weighted by molar-refractivity contribution is -0.137. The van der Waals surface area contributed by atoms with E-state index in [0.29, 0.717) is 22.4 Å². The molecule has 0 atom stereocenters. The van der Waals surface area contributed by atoms with E-state index in [1.165, 1.54) is 6.07 Å². The summed E-state index contributed by atoms with van der Waals surface area (Å²) >= 11 is 18.1. The van der Waals surface area contributed by atoms with Crippen molar-refractivity contribution in [2.24, 2.45) is 0 Å². The molecule has 0 saturated carbocycles. The van der Waals surface area contributed by atoms with Crippen LogP contribution >= 0.6 is 35.4 Å². The molecule has 2 aromatic carbocycles. The summed E-state index contributed by atoms with van der Waals surface area (Å²) in [5.41, 5.74) is 0.472. The van der Waals surface area contributed by atoms with Crippen molar-refractivity contribution in [3.63, 3.8) is 0 Å². The Kier molecular flexibility index (Phi) is 7.50. The third kappa shape index (κ3) is 5.78. The third-order valence-corrected chi connectivity index (χ3v) is 6.24. The Morgan fingerprint density at radius 2 is 1.80 bits per heavy atom. The Morgan fingerprint density at radius 3 is 2.40 bits per heavy atom. The van der Waals surface area contributed by atoms with Gasteiger partial charge in [-0.15, -0.1) is 0 Å². The van der Waals surface area contributed by atoms with Crippen LogP contribution in [0.2, 0.25) is 10.0 Å². The number of alkyl halides is 3. The van der Waals surface area contributed by atoms with Gasteiger partial charge in [-0.1, -0.05) is 41.4 Å². The second-order valence-electron chi connectivity index (χ2n) is 7.38. The second-order valence-corrected chi connectivity index (χ2v) is 8.58. The zero-order chi connectivity index (χ0) is 21.9. The molecule has 0 aliphatic carbocycles. The number of hydrogen-bond donors (Lipinski definition) is 1. The average molecular weight is 476 g/mol. The zero-order valence-electron chi connectivity index (χ0n) is 16.3. The van der Waals surface area contributed by atoms with Crippen LogP contribution in [0.5, 0.6) is 0 Å². The van der Waals surface area contributed by atoms with Gasteiger partial charge in [-0.2, -0.15) is 13.2 Å². The van der Waals surface area contributed by atoms with Gasteiger partial charge in [-0.05, 0) is 75.0 Å². The lowest BCUT2D eigenvalue weighted by atomic mass is 10.0. The van der Waals surface area contributed by atoms with Gasteiger partial charge in [-0.3, -0.25) is 0 Å². The van der Waals surface area contributed by atoms with Crippen LogP contribution in [0.1, 0.15) is 24.0 Å². The summed E-state index contributed by atoms with van der Waals surface area (Å²) in [5.74, 6) is 0. The molecule has 1 aliphatic rings. The van der Waals surface area contributed by atoms with E-state index in [-0.39, 0.29) is 11.1 Å². The van der Waals surface area contributed by atoms with Crippen LogP contribution in [0.15, 0.2) is 42.5 Å². The van der Waals surface area contributed by atoms with Gasteiger partial charge in [0.1, 0.15) is 0 Å². The van der Waals surface area contributed by atoms with Gasteiger partial charge >= 0.3 is 6.18 Å². The number of anilines is 1. The van der Waals surface area contributed by atoms with Crippen molar-refractivity contribution in [1.29, 1.82) is 0 Å². The van der Waals surface area contributed by atoms with Gasteiger partial charge in [0, 0.05) is 17.6 Å². The topological polar surface area (TPSA) is 18.5 Å². The van der Waals surface area contributed by atoms with Crippen molar-refractivity contribution in [2.75, 3.05) is 25.5 Å². The molecule has 1 fully saturated rings. The fraction of sp³-hybridized carbons (Fsp3) is 0.381. The largest absolute Gasteiger partial charge is 0.416 e. The van der Waals surface area contributed by atoms with Crippen LogP contribution in [-0.4, -0.2) is 41.1 Å². The van der Waals surface area contributed by atoms with E-state index in [9.17, 15) is 13.2 Å². The minimum Gasteiger partial charge on any atom is -0.342 e. The normalized spacial score (nSPS) is 15.8. The molecule has 0 spiro atoms. The molecule has 1 saturated heterocycles. The van der Waals surface area contributed by atoms with Gasteiger partial charge in [-0.25, -0.2) is 0 Å². The van der Waals surface area contributed by atoms with E-state index >= 15 is 0 Å². The number of nitrogens with zero attached hydrogens (tertiary/aromatic N) is 2. The van der Waals surface area contributed by atoms with Crippen LogP contribution in [0.3, 0.4) is 0 Å². The van der Waals surface area contributed by atoms with E-state index in [1.807, 2.05) is 24.3 Å². The summed E-state index contributed by atoms with van der Waals surface area (Å²) in [6.45, 7) is 2.37. The number of rotatable bonds is 4. The Morgan fingerprint density at radius 1 is 1.13 bits per heavy atom. The fourth-order valence-corrected chi connectivity index (χ4v) is 4.21. The summed E-state index contributed by atoms with van der Waals surface area (Å²) in [4.78, 5) is 4.31. The highest BCUT2D eigenvalue weighted by Gasteiger charge is 2.31. The fourth-order valence-electron chi connectivity index (χ4n) is 3.46. The van der Waals surface area contributed by atoms with Crippen LogP contribution in [0.4, 0.5) is 18.9 Å². The van der Waals surface area contributed by atoms with Gasteiger partial charge in [0.2, 0.25) is 0 Å². The van der Waals surface area contributed by atoms with Crippen molar-refractivity contribution in [3.8, 4) is 0 Å². The lowest BCUT2D eigenvalue weighted by Gasteiger charge is -2.39. The molecule has 1 aliphatic heterocycles. The standard InChI is InChI=1S/C21H22Cl2F3N3S/c1-28-10-8-16(9-11-28)29(13-14-4-2-3-5-17(14)22)20(30)27-19-7-6-15(12-18(19)23)21(24,25)26/h2-7,12,16H,8-11,13H2,1H3,(H,27,30). The quantitative estimate of drug-likeness (QED) is 0.522. The maximum Gasteiger partial charge on any atom is 0.416 e. The molecular formula is C21H22Cl2F3N3S. The summed E-state index contributed by atoms with van der Waals surface area (Å²) in [6, 6.07) is 10.9. The van der Waals surface area contributed by atoms with E-state index in [0.717, 1.165) is 43.6 Å². The lowest BCUT2D eigenvalue weighted by Crippen LogP contribution is -2.47. The van der Waals surface area contributed by atoms with Crippen LogP contribution < -0.4 is 5.32 Å². The molecule has 0 aromatic heterocycles. The van der Waals surface area contributed by atoms with Gasteiger partial charge < -0.3 is 15.1 Å². The van der Waals surface area contributed by atoms with Crippen LogP contribution in [0, 0.1) is 0 Å². The van der Waals surface area contributed by atoms with Gasteiger partial charge in [0.25, 0.3) is 0 Å². The first kappa shape index (κ1) is 23.1. The molecule has 0 radical (unpaired) electrons. The molecule has 1 heterocycles. The van der Waals surface area contributed by atoms with Crippen LogP contribution in [-0.2, 0) is 12.7 Å². The smallest absolute Gasteiger partial charge is 0.342 e. The first-order valence-corrected chi connectivity index (χ1v) is 10.7. The summed E-state index contributed by atoms with van der Waals surface area (Å²) in [7, 11) is 2.08. The Hall–Kier alpha value is -1.54. The average Bonchev–Trinajstić information content (AvgIpc) is 2.69. The first-order valence-electron chi connectivity index (χ1n) is 9.51. The SMILES string of the molecule is CN1CCC(N(Cc2ccccc2Cl)C(=S)Nc2ccc(C(F)(F)F)cc2Cl)CC1. The van der Waals surface area contributed by atoms with E-state index in [4.69, 9.17) is 35.4 Å². The first-order chi connectivity index (χ1) is 14.1. The maximum absolute atomic E-state index is 12.9. The molecular weight excluding hydrogens is 454 g/mol. The molecule has 0 unspecified atom stereocenters. The van der Waals surface area contributed by atoms with E-state index < -0.39 is 11.7 Å². The van der Waals surface area contributed by atoms with Crippen molar-refractivity contribution < 1.29 is 13.2 Å². The van der Waals surface area contributed by atoms with E-state index in [2.05, 4.69) is 22.2 Å². The molecule has 3 rings (SSSR count). The molecule has 30 heavy (non-hydrogen) atoms. The Balaban J connectivity index is 1.82. The molecule has 0 amide bonds. The summed E-state index contributed by atoms with van der Waals surface area (Å²) in [6.07, 6.45) is -2.61. The monoisotopic (exact) mass is 475 g/mol. The summed E-state index contributed by atoms with van der Waals surface area (Å²) in [5, 5.41) is 4.06. The van der Waals surface area contributed by atoms with Crippen molar-refractivity contribution in [2.45, 2.75) is 31.6 Å². The molecule has 1 N–H and O–H groups in total. The molecule has 0 bridgehead atoms. The number of nitrogens with one attached hydrogen (secondary N) is 1. The Bertz CT molecular complexity index is 899. The molecule has 3 nitrogen and oxygen atoms in total. The van der Waals surface area contributed by atoms with Crippen LogP contribution in [0.25, 0.3) is 0 Å². The predicted molar refractivity (Wildman–Crippen MR) is 120 cm³/mol. The molecule has 162 valence electrons. The highest BCUT2D eigenvalue weighted by Crippen LogP contribution is 2.34. The molecule has 9 heteroatoms. The van der Waals surface area contributed by atoms with Crippen molar-refractivity contribution in [1.82, 2.24) is 9.80 Å². The zero-order valence-corrected chi connectivity index (χ0v) is 18.7. The van der Waals surface area contributed by atoms with E-state index in [1.54, 1.807) is 0 Å². The van der Waals surface area contributed by atoms with Gasteiger partial charge in [0.15, 0.2) is 5.11 Å². The summed E-state index contributed by atoms with van der Waals surface area (Å²) < 4.78 is 38.7. The predicted octanol–water partition coefficient (Wildman–Crippen LogP) is 6.31. The van der Waals surface area contributed by atoms with Gasteiger partial charge in [0.05, 0.1) is 16.3 Å². The number of likely N-dealkylation sites (tertiary alicyclic amines) is 1. The molecule has 2 aromatic rings. The minimum absolute atomic E-state index is 0.0340. The maximum atomic E-state index is 12.9. The second kappa shape index (κ2) is 9.73. The highest BCUT2D eigenvalue weighted by molar-refractivity contribution is 7.80. The minimum atomic E-state index is -4.45. The van der Waals surface area contributed by atoms with Crippen molar-refractivity contribution >= 4 is 46.2 Å². The number of hydrogen-bond acceptors (Lipinski definition) is 2. The van der Waals surface area contributed by atoms with Crippen molar-refractivity contribution in [3.05, 3.63) is 63.6 Å². The Labute approximate surface area is 189 Å². The number of benzene rings is 2.